The zero-order chi connectivity index (χ0) is 16.2. The molecule has 2 aromatic carbocycles. The molecule has 4 nitrogen and oxygen atoms in total. The van der Waals surface area contributed by atoms with Crippen molar-refractivity contribution in [3.05, 3.63) is 69.2 Å². The Morgan fingerprint density at radius 2 is 1.83 bits per heavy atom. The van der Waals surface area contributed by atoms with Crippen molar-refractivity contribution >= 4 is 35.3 Å². The van der Waals surface area contributed by atoms with Gasteiger partial charge in [0.05, 0.1) is 22.8 Å². The molecule has 3 rings (SSSR count). The monoisotopic (exact) mass is 347 g/mol. The molecule has 0 saturated heterocycles. The smallest absolute Gasteiger partial charge is 0.254 e. The molecule has 0 aromatic heterocycles. The van der Waals surface area contributed by atoms with Crippen molar-refractivity contribution < 1.29 is 4.79 Å². The van der Waals surface area contributed by atoms with Gasteiger partial charge in [0.1, 0.15) is 0 Å². The van der Waals surface area contributed by atoms with Gasteiger partial charge in [-0.3, -0.25) is 9.69 Å². The molecule has 0 fully saturated rings. The fourth-order valence-corrected chi connectivity index (χ4v) is 2.83. The minimum atomic E-state index is -0.144. The Labute approximate surface area is 144 Å². The fraction of sp³-hybridized carbons (Fsp3) is 0.176. The SMILES string of the molecule is O=C(CN1Cc2ccccc2C1)N/N=C\c1ccc(Cl)c(Cl)c1. The quantitative estimate of drug-likeness (QED) is 0.679. The first kappa shape index (κ1) is 16.0. The lowest BCUT2D eigenvalue weighted by Gasteiger charge is -2.12. The summed E-state index contributed by atoms with van der Waals surface area (Å²) in [4.78, 5) is 14.0. The Hall–Kier alpha value is -1.88. The molecule has 0 spiro atoms. The van der Waals surface area contributed by atoms with Crippen molar-refractivity contribution in [3.63, 3.8) is 0 Å². The van der Waals surface area contributed by atoms with E-state index >= 15 is 0 Å². The molecule has 0 unspecified atom stereocenters. The Balaban J connectivity index is 1.50. The van der Waals surface area contributed by atoms with Gasteiger partial charge in [-0.25, -0.2) is 5.43 Å². The highest BCUT2D eigenvalue weighted by atomic mass is 35.5. The average Bonchev–Trinajstić information content (AvgIpc) is 2.93. The normalized spacial score (nSPS) is 14.2. The molecule has 1 aliphatic rings. The van der Waals surface area contributed by atoms with Crippen molar-refractivity contribution in [2.45, 2.75) is 13.1 Å². The van der Waals surface area contributed by atoms with Crippen LogP contribution < -0.4 is 5.43 Å². The maximum atomic E-state index is 11.9. The minimum absolute atomic E-state index is 0.144. The first-order valence-electron chi connectivity index (χ1n) is 7.18. The van der Waals surface area contributed by atoms with Crippen LogP contribution in [0.15, 0.2) is 47.6 Å². The number of fused-ring (bicyclic) bond motifs is 1. The van der Waals surface area contributed by atoms with Gasteiger partial charge in [0.15, 0.2) is 0 Å². The molecule has 6 heteroatoms. The van der Waals surface area contributed by atoms with Crippen molar-refractivity contribution in [1.82, 2.24) is 10.3 Å². The Bertz CT molecular complexity index is 736. The van der Waals surface area contributed by atoms with Crippen LogP contribution in [0.5, 0.6) is 0 Å². The molecular weight excluding hydrogens is 333 g/mol. The van der Waals surface area contributed by atoms with Gasteiger partial charge in [-0.05, 0) is 28.8 Å². The third kappa shape index (κ3) is 4.10. The first-order chi connectivity index (χ1) is 11.1. The van der Waals surface area contributed by atoms with Gasteiger partial charge >= 0.3 is 0 Å². The van der Waals surface area contributed by atoms with Crippen LogP contribution in [0.3, 0.4) is 0 Å². The van der Waals surface area contributed by atoms with Gasteiger partial charge < -0.3 is 0 Å². The number of hydrogen-bond donors (Lipinski definition) is 1. The van der Waals surface area contributed by atoms with Crippen molar-refractivity contribution in [1.29, 1.82) is 0 Å². The molecule has 1 N–H and O–H groups in total. The fourth-order valence-electron chi connectivity index (χ4n) is 2.53. The number of amides is 1. The van der Waals surface area contributed by atoms with Crippen LogP contribution in [0.4, 0.5) is 0 Å². The number of benzene rings is 2. The van der Waals surface area contributed by atoms with Crippen LogP contribution >= 0.6 is 23.2 Å². The molecule has 2 aromatic rings. The van der Waals surface area contributed by atoms with E-state index in [9.17, 15) is 4.79 Å². The summed E-state index contributed by atoms with van der Waals surface area (Å²) >= 11 is 11.8. The van der Waals surface area contributed by atoms with Crippen LogP contribution in [0.25, 0.3) is 0 Å². The molecule has 0 radical (unpaired) electrons. The molecule has 0 atom stereocenters. The molecule has 1 amide bonds. The topological polar surface area (TPSA) is 44.7 Å². The van der Waals surface area contributed by atoms with Crippen molar-refractivity contribution in [2.24, 2.45) is 5.10 Å². The number of nitrogens with one attached hydrogen (secondary N) is 1. The average molecular weight is 348 g/mol. The number of hydrazone groups is 1. The highest BCUT2D eigenvalue weighted by Gasteiger charge is 2.19. The van der Waals surface area contributed by atoms with Crippen LogP contribution in [-0.4, -0.2) is 23.6 Å². The van der Waals surface area contributed by atoms with Crippen molar-refractivity contribution in [2.75, 3.05) is 6.54 Å². The summed E-state index contributed by atoms with van der Waals surface area (Å²) in [5.41, 5.74) is 5.86. The largest absolute Gasteiger partial charge is 0.286 e. The number of nitrogens with zero attached hydrogens (tertiary/aromatic N) is 2. The zero-order valence-electron chi connectivity index (χ0n) is 12.3. The molecule has 0 bridgehead atoms. The Morgan fingerprint density at radius 1 is 1.13 bits per heavy atom. The van der Waals surface area contributed by atoms with Gasteiger partial charge in [0.2, 0.25) is 0 Å². The Kier molecular flexibility index (Phi) is 4.96. The van der Waals surface area contributed by atoms with E-state index < -0.39 is 0 Å². The maximum absolute atomic E-state index is 11.9. The van der Waals surface area contributed by atoms with E-state index in [1.807, 2.05) is 12.1 Å². The van der Waals surface area contributed by atoms with Crippen LogP contribution in [0.1, 0.15) is 16.7 Å². The van der Waals surface area contributed by atoms with E-state index in [1.165, 1.54) is 11.1 Å². The molecule has 0 saturated carbocycles. The Morgan fingerprint density at radius 3 is 2.48 bits per heavy atom. The van der Waals surface area contributed by atoms with E-state index in [2.05, 4.69) is 27.6 Å². The summed E-state index contributed by atoms with van der Waals surface area (Å²) in [6.45, 7) is 1.90. The minimum Gasteiger partial charge on any atom is -0.286 e. The van der Waals surface area contributed by atoms with E-state index in [4.69, 9.17) is 23.2 Å². The third-order valence-corrected chi connectivity index (χ3v) is 4.36. The maximum Gasteiger partial charge on any atom is 0.254 e. The van der Waals surface area contributed by atoms with Crippen LogP contribution in [-0.2, 0) is 17.9 Å². The number of carbonyl (C=O) groups excluding carboxylic acids is 1. The van der Waals surface area contributed by atoms with Gasteiger partial charge in [-0.2, -0.15) is 5.10 Å². The summed E-state index contributed by atoms with van der Waals surface area (Å²) in [7, 11) is 0. The molecule has 23 heavy (non-hydrogen) atoms. The summed E-state index contributed by atoms with van der Waals surface area (Å²) in [6, 6.07) is 13.4. The molecular formula is C17H15Cl2N3O. The predicted octanol–water partition coefficient (Wildman–Crippen LogP) is 3.46. The highest BCUT2D eigenvalue weighted by Crippen LogP contribution is 2.22. The van der Waals surface area contributed by atoms with E-state index in [-0.39, 0.29) is 5.91 Å². The zero-order valence-corrected chi connectivity index (χ0v) is 13.8. The number of hydrogen-bond acceptors (Lipinski definition) is 3. The van der Waals surface area contributed by atoms with Gasteiger partial charge in [-0.15, -0.1) is 0 Å². The second-order valence-electron chi connectivity index (χ2n) is 5.38. The van der Waals surface area contributed by atoms with Crippen LogP contribution in [0, 0.1) is 0 Å². The summed E-state index contributed by atoms with van der Waals surface area (Å²) in [5.74, 6) is -0.144. The summed E-state index contributed by atoms with van der Waals surface area (Å²) < 4.78 is 0. The van der Waals surface area contributed by atoms with E-state index in [1.54, 1.807) is 24.4 Å². The van der Waals surface area contributed by atoms with Gasteiger partial charge in [0.25, 0.3) is 5.91 Å². The number of carbonyl (C=O) groups is 1. The molecule has 118 valence electrons. The lowest BCUT2D eigenvalue weighted by molar-refractivity contribution is -0.122. The molecule has 1 aliphatic heterocycles. The molecule has 0 aliphatic carbocycles. The summed E-state index contributed by atoms with van der Waals surface area (Å²) in [5, 5.41) is 4.89. The standard InChI is InChI=1S/C17H15Cl2N3O/c18-15-6-5-12(7-16(15)19)8-20-21-17(23)11-22-9-13-3-1-2-4-14(13)10-22/h1-8H,9-11H2,(H,21,23)/b20-8-. The lowest BCUT2D eigenvalue weighted by atomic mass is 10.1. The second kappa shape index (κ2) is 7.13. The number of halogens is 2. The summed E-state index contributed by atoms with van der Waals surface area (Å²) in [6.07, 6.45) is 1.54. The lowest BCUT2D eigenvalue weighted by Crippen LogP contribution is -2.32. The predicted molar refractivity (Wildman–Crippen MR) is 92.8 cm³/mol. The van der Waals surface area contributed by atoms with Crippen molar-refractivity contribution in [3.8, 4) is 0 Å². The van der Waals surface area contributed by atoms with E-state index in [0.717, 1.165) is 18.7 Å². The second-order valence-corrected chi connectivity index (χ2v) is 6.19. The van der Waals surface area contributed by atoms with Crippen LogP contribution in [0.2, 0.25) is 10.0 Å². The molecule has 1 heterocycles. The van der Waals surface area contributed by atoms with Gasteiger partial charge in [-0.1, -0.05) is 53.5 Å². The van der Waals surface area contributed by atoms with Gasteiger partial charge in [0, 0.05) is 13.1 Å². The number of rotatable bonds is 4. The van der Waals surface area contributed by atoms with E-state index in [0.29, 0.717) is 16.6 Å². The first-order valence-corrected chi connectivity index (χ1v) is 7.93. The highest BCUT2D eigenvalue weighted by molar-refractivity contribution is 6.42. The third-order valence-electron chi connectivity index (χ3n) is 3.62.